The summed E-state index contributed by atoms with van der Waals surface area (Å²) >= 11 is 0. The number of pyridine rings is 1. The molecule has 0 fully saturated rings. The first kappa shape index (κ1) is 32.4. The van der Waals surface area contributed by atoms with E-state index in [1.807, 2.05) is 54.6 Å². The molecule has 8 aromatic carbocycles. The van der Waals surface area contributed by atoms with Crippen molar-refractivity contribution >= 4 is 77.2 Å². The van der Waals surface area contributed by atoms with Gasteiger partial charge >= 0.3 is 0 Å². The summed E-state index contributed by atoms with van der Waals surface area (Å²) in [6.07, 6.45) is 1.43. The lowest BCUT2D eigenvalue weighted by Crippen LogP contribution is -2.33. The first-order chi connectivity index (χ1) is 28.8. The van der Waals surface area contributed by atoms with E-state index in [2.05, 4.69) is 127 Å². The highest BCUT2D eigenvalue weighted by molar-refractivity contribution is 6.24. The molecular formula is C52H32N4O2. The maximum absolute atomic E-state index is 6.30. The van der Waals surface area contributed by atoms with Crippen LogP contribution < -0.4 is 5.32 Å². The molecule has 0 bridgehead atoms. The van der Waals surface area contributed by atoms with E-state index < -0.39 is 0 Å². The van der Waals surface area contributed by atoms with E-state index in [9.17, 15) is 0 Å². The molecule has 0 aliphatic carbocycles. The molecular weight excluding hydrogens is 713 g/mol. The van der Waals surface area contributed by atoms with Crippen molar-refractivity contribution in [3.63, 3.8) is 0 Å². The van der Waals surface area contributed by atoms with E-state index >= 15 is 0 Å². The molecule has 1 unspecified atom stereocenters. The Kier molecular flexibility index (Phi) is 7.19. The van der Waals surface area contributed by atoms with Crippen molar-refractivity contribution in [2.45, 2.75) is 6.17 Å². The predicted molar refractivity (Wildman–Crippen MR) is 237 cm³/mol. The molecule has 0 radical (unpaired) electrons. The topological polar surface area (TPSA) is 75.9 Å². The average molecular weight is 745 g/mol. The molecule has 0 saturated heterocycles. The third kappa shape index (κ3) is 5.02. The molecule has 1 aliphatic heterocycles. The Morgan fingerprint density at radius 1 is 0.397 bits per heavy atom. The molecule has 6 nitrogen and oxygen atoms in total. The molecule has 0 amide bonds. The Labute approximate surface area is 332 Å². The van der Waals surface area contributed by atoms with Gasteiger partial charge in [0.15, 0.2) is 11.4 Å². The maximum atomic E-state index is 6.30. The summed E-state index contributed by atoms with van der Waals surface area (Å²) in [5.41, 5.74) is 11.6. The number of hydrogen-bond acceptors (Lipinski definition) is 6. The summed E-state index contributed by atoms with van der Waals surface area (Å²) in [6, 6.07) is 61.2. The SMILES string of the molecule is c1ccc(C2N=C(c3cccc4oc5cccnc5c34)N=C(c3ccc(-c4ccc(-c5cccc6oc7ccccc7c56)c5ccccc45)c4ccccc34)N2)cc1. The fourth-order valence-electron chi connectivity index (χ4n) is 8.85. The summed E-state index contributed by atoms with van der Waals surface area (Å²) in [7, 11) is 0. The highest BCUT2D eigenvalue weighted by atomic mass is 16.3. The van der Waals surface area contributed by atoms with Crippen LogP contribution in [0, 0.1) is 0 Å². The standard InChI is InChI=1S/C52H32N4O2/c1-2-13-31(14-3-1)50-54-51(56-52(55-50)42-21-11-24-45-48(42)49-46(58-45)25-12-30-53-49)40-29-28-37(34-17-6-7-18-35(34)40)36-26-27-38(33-16-5-4-15-32(33)36)39-20-10-23-44-47(39)41-19-8-9-22-43(41)57-44/h1-30,50H,(H,54,55,56). The Morgan fingerprint density at radius 3 is 1.66 bits per heavy atom. The monoisotopic (exact) mass is 744 g/mol. The first-order valence-electron chi connectivity index (χ1n) is 19.5. The molecule has 12 rings (SSSR count). The number of hydrogen-bond donors (Lipinski definition) is 1. The third-order valence-electron chi connectivity index (χ3n) is 11.4. The first-order valence-corrected chi connectivity index (χ1v) is 19.5. The lowest BCUT2D eigenvalue weighted by atomic mass is 9.88. The molecule has 58 heavy (non-hydrogen) atoms. The molecule has 6 heteroatoms. The van der Waals surface area contributed by atoms with Gasteiger partial charge in [0.25, 0.3) is 0 Å². The van der Waals surface area contributed by atoms with Gasteiger partial charge in [-0.2, -0.15) is 0 Å². The lowest BCUT2D eigenvalue weighted by Gasteiger charge is -2.25. The second-order valence-electron chi connectivity index (χ2n) is 14.7. The van der Waals surface area contributed by atoms with E-state index in [4.69, 9.17) is 23.8 Å². The number of amidine groups is 2. The molecule has 0 saturated carbocycles. The number of aliphatic imine (C=N–C) groups is 2. The minimum absolute atomic E-state index is 0.364. The highest BCUT2D eigenvalue weighted by Gasteiger charge is 2.25. The fourth-order valence-corrected chi connectivity index (χ4v) is 8.85. The number of rotatable bonds is 5. The van der Waals surface area contributed by atoms with Gasteiger partial charge in [-0.05, 0) is 79.7 Å². The van der Waals surface area contributed by atoms with Gasteiger partial charge in [-0.1, -0.05) is 146 Å². The van der Waals surface area contributed by atoms with Crippen LogP contribution in [0.1, 0.15) is 22.9 Å². The van der Waals surface area contributed by atoms with Crippen LogP contribution >= 0.6 is 0 Å². The van der Waals surface area contributed by atoms with Gasteiger partial charge in [-0.25, -0.2) is 9.98 Å². The highest BCUT2D eigenvalue weighted by Crippen LogP contribution is 2.43. The van der Waals surface area contributed by atoms with Crippen molar-refractivity contribution < 1.29 is 8.83 Å². The van der Waals surface area contributed by atoms with E-state index in [1.54, 1.807) is 6.20 Å². The van der Waals surface area contributed by atoms with Gasteiger partial charge in [-0.15, -0.1) is 0 Å². The number of para-hydroxylation sites is 1. The van der Waals surface area contributed by atoms with Crippen molar-refractivity contribution in [2.75, 3.05) is 0 Å². The lowest BCUT2D eigenvalue weighted by molar-refractivity contribution is 0.667. The predicted octanol–water partition coefficient (Wildman–Crippen LogP) is 13.0. The molecule has 4 heterocycles. The van der Waals surface area contributed by atoms with Gasteiger partial charge in [0.05, 0.1) is 5.39 Å². The zero-order valence-electron chi connectivity index (χ0n) is 31.1. The van der Waals surface area contributed by atoms with Crippen LogP contribution in [-0.4, -0.2) is 16.7 Å². The van der Waals surface area contributed by atoms with Crippen LogP contribution in [0.2, 0.25) is 0 Å². The van der Waals surface area contributed by atoms with E-state index in [-0.39, 0.29) is 6.17 Å². The molecule has 1 atom stereocenters. The summed E-state index contributed by atoms with van der Waals surface area (Å²) in [5.74, 6) is 1.37. The van der Waals surface area contributed by atoms with Crippen LogP contribution in [0.3, 0.4) is 0 Å². The van der Waals surface area contributed by atoms with Crippen LogP contribution in [0.25, 0.3) is 87.8 Å². The minimum Gasteiger partial charge on any atom is -0.456 e. The molecule has 3 aromatic heterocycles. The second kappa shape index (κ2) is 12.9. The average Bonchev–Trinajstić information content (AvgIpc) is 3.87. The number of nitrogens with one attached hydrogen (secondary N) is 1. The summed E-state index contributed by atoms with van der Waals surface area (Å²) in [5, 5.41) is 11.5. The van der Waals surface area contributed by atoms with Gasteiger partial charge < -0.3 is 14.2 Å². The molecule has 1 aliphatic rings. The van der Waals surface area contributed by atoms with Crippen LogP contribution in [0.15, 0.2) is 201 Å². The van der Waals surface area contributed by atoms with Crippen LogP contribution in [0.4, 0.5) is 0 Å². The molecule has 272 valence electrons. The number of aromatic nitrogens is 1. The van der Waals surface area contributed by atoms with Crippen LogP contribution in [-0.2, 0) is 0 Å². The Balaban J connectivity index is 1.03. The zero-order chi connectivity index (χ0) is 38.2. The molecule has 0 spiro atoms. The molecule has 11 aromatic rings. The van der Waals surface area contributed by atoms with Gasteiger partial charge in [0.1, 0.15) is 34.3 Å². The van der Waals surface area contributed by atoms with E-state index in [0.29, 0.717) is 5.84 Å². The van der Waals surface area contributed by atoms with Gasteiger partial charge in [0.2, 0.25) is 0 Å². The minimum atomic E-state index is -0.364. The third-order valence-corrected chi connectivity index (χ3v) is 11.4. The Morgan fingerprint density at radius 2 is 0.931 bits per heavy atom. The normalized spacial score (nSPS) is 14.4. The second-order valence-corrected chi connectivity index (χ2v) is 14.7. The Hall–Kier alpha value is -7.83. The largest absolute Gasteiger partial charge is 0.456 e. The van der Waals surface area contributed by atoms with Gasteiger partial charge in [0, 0.05) is 28.1 Å². The summed E-state index contributed by atoms with van der Waals surface area (Å²) < 4.78 is 12.5. The fraction of sp³-hybridized carbons (Fsp3) is 0.0192. The van der Waals surface area contributed by atoms with Crippen molar-refractivity contribution in [2.24, 2.45) is 9.98 Å². The number of furan rings is 2. The number of fused-ring (bicyclic) bond motifs is 8. The van der Waals surface area contributed by atoms with Crippen LogP contribution in [0.5, 0.6) is 0 Å². The van der Waals surface area contributed by atoms with E-state index in [1.165, 1.54) is 21.9 Å². The quantitative estimate of drug-likeness (QED) is 0.190. The van der Waals surface area contributed by atoms with Gasteiger partial charge in [-0.3, -0.25) is 4.98 Å². The van der Waals surface area contributed by atoms with Crippen molar-refractivity contribution in [1.82, 2.24) is 10.3 Å². The Bertz CT molecular complexity index is 3500. The number of benzene rings is 8. The summed E-state index contributed by atoms with van der Waals surface area (Å²) in [4.78, 5) is 15.2. The summed E-state index contributed by atoms with van der Waals surface area (Å²) in [6.45, 7) is 0. The number of nitrogens with zero attached hydrogens (tertiary/aromatic N) is 3. The van der Waals surface area contributed by atoms with Crippen molar-refractivity contribution in [3.8, 4) is 22.3 Å². The maximum Gasteiger partial charge on any atom is 0.160 e. The molecule has 1 N–H and O–H groups in total. The zero-order valence-corrected chi connectivity index (χ0v) is 31.1. The van der Waals surface area contributed by atoms with E-state index in [0.717, 1.165) is 88.4 Å². The van der Waals surface area contributed by atoms with Crippen molar-refractivity contribution in [3.05, 3.63) is 199 Å². The van der Waals surface area contributed by atoms with Crippen molar-refractivity contribution in [1.29, 1.82) is 0 Å². The smallest absolute Gasteiger partial charge is 0.160 e.